The molecule has 0 spiro atoms. The molecule has 0 aliphatic carbocycles. The van der Waals surface area contributed by atoms with Crippen LogP contribution in [0.5, 0.6) is 5.75 Å². The van der Waals surface area contributed by atoms with Gasteiger partial charge in [0.15, 0.2) is 0 Å². The largest absolute Gasteiger partial charge is 0.497 e. The smallest absolute Gasteiger partial charge is 0.296 e. The van der Waals surface area contributed by atoms with Crippen LogP contribution in [0.15, 0.2) is 54.6 Å². The van der Waals surface area contributed by atoms with Gasteiger partial charge in [0.05, 0.1) is 17.5 Å². The lowest BCUT2D eigenvalue weighted by Crippen LogP contribution is -1.96. The van der Waals surface area contributed by atoms with E-state index >= 15 is 0 Å². The Morgan fingerprint density at radius 1 is 1.10 bits per heavy atom. The highest BCUT2D eigenvalue weighted by Gasteiger charge is 2.18. The molecule has 0 amide bonds. The minimum Gasteiger partial charge on any atom is -0.497 e. The van der Waals surface area contributed by atoms with Gasteiger partial charge < -0.3 is 4.74 Å². The Bertz CT molecular complexity index is 816. The molecule has 104 valence electrons. The van der Waals surface area contributed by atoms with Crippen molar-refractivity contribution in [3.05, 3.63) is 64.7 Å². The van der Waals surface area contributed by atoms with Crippen LogP contribution in [-0.2, 0) is 0 Å². The summed E-state index contributed by atoms with van der Waals surface area (Å²) in [5.74, 6) is 0.644. The number of methoxy groups -OCH3 is 1. The van der Waals surface area contributed by atoms with Crippen molar-refractivity contribution < 1.29 is 9.66 Å². The number of nitro groups is 1. The first-order chi connectivity index (χ1) is 10.2. The maximum Gasteiger partial charge on any atom is 0.296 e. The molecule has 0 unspecified atom stereocenters. The zero-order valence-corrected chi connectivity index (χ0v) is 11.3. The third-order valence-corrected chi connectivity index (χ3v) is 3.25. The Hall–Kier alpha value is -2.95. The van der Waals surface area contributed by atoms with Crippen molar-refractivity contribution in [1.82, 2.24) is 4.98 Å². The molecule has 0 radical (unpaired) electrons. The van der Waals surface area contributed by atoms with Crippen LogP contribution in [0.25, 0.3) is 22.2 Å². The number of ether oxygens (including phenoxy) is 1. The van der Waals surface area contributed by atoms with Gasteiger partial charge in [-0.3, -0.25) is 10.1 Å². The SMILES string of the molecule is COc1ccc2nc(-c3ccccc3)c([N+](=O)[O-])cc2c1. The van der Waals surface area contributed by atoms with E-state index in [2.05, 4.69) is 4.98 Å². The first kappa shape index (κ1) is 13.1. The molecule has 0 fully saturated rings. The molecule has 0 saturated heterocycles. The maximum absolute atomic E-state index is 11.3. The van der Waals surface area contributed by atoms with Gasteiger partial charge in [0.2, 0.25) is 0 Å². The third kappa shape index (κ3) is 2.41. The van der Waals surface area contributed by atoms with Gasteiger partial charge in [-0.2, -0.15) is 0 Å². The Labute approximate surface area is 121 Å². The Balaban J connectivity index is 2.28. The van der Waals surface area contributed by atoms with Crippen LogP contribution in [0.2, 0.25) is 0 Å². The second kappa shape index (κ2) is 5.20. The standard InChI is InChI=1S/C16H12N2O3/c1-21-13-7-8-14-12(9-13)10-15(18(19)20)16(17-14)11-5-3-2-4-6-11/h2-10H,1H3. The minimum atomic E-state index is -0.408. The molecule has 0 atom stereocenters. The Kier molecular flexibility index (Phi) is 3.23. The molecule has 3 rings (SSSR count). The Morgan fingerprint density at radius 2 is 1.86 bits per heavy atom. The van der Waals surface area contributed by atoms with Gasteiger partial charge in [0, 0.05) is 17.0 Å². The number of rotatable bonds is 3. The molecule has 1 heterocycles. The summed E-state index contributed by atoms with van der Waals surface area (Å²) < 4.78 is 5.14. The fourth-order valence-corrected chi connectivity index (χ4v) is 2.22. The molecule has 1 aromatic heterocycles. The van der Waals surface area contributed by atoms with Gasteiger partial charge in [0.1, 0.15) is 11.4 Å². The summed E-state index contributed by atoms with van der Waals surface area (Å²) >= 11 is 0. The van der Waals surface area contributed by atoms with Crippen molar-refractivity contribution in [2.75, 3.05) is 7.11 Å². The van der Waals surface area contributed by atoms with Gasteiger partial charge in [-0.1, -0.05) is 30.3 Å². The van der Waals surface area contributed by atoms with Crippen LogP contribution in [0, 0.1) is 10.1 Å². The lowest BCUT2D eigenvalue weighted by Gasteiger charge is -2.06. The number of benzene rings is 2. The second-order valence-electron chi connectivity index (χ2n) is 4.54. The van der Waals surface area contributed by atoms with Crippen molar-refractivity contribution in [1.29, 1.82) is 0 Å². The topological polar surface area (TPSA) is 65.3 Å². The first-order valence-electron chi connectivity index (χ1n) is 6.37. The highest BCUT2D eigenvalue weighted by atomic mass is 16.6. The summed E-state index contributed by atoms with van der Waals surface area (Å²) in [6, 6.07) is 16.0. The highest BCUT2D eigenvalue weighted by Crippen LogP contribution is 2.32. The first-order valence-corrected chi connectivity index (χ1v) is 6.37. The molecule has 0 saturated carbocycles. The van der Waals surface area contributed by atoms with Gasteiger partial charge in [-0.25, -0.2) is 4.98 Å². The number of hydrogen-bond acceptors (Lipinski definition) is 4. The maximum atomic E-state index is 11.3. The molecule has 2 aromatic carbocycles. The number of nitrogens with zero attached hydrogens (tertiary/aromatic N) is 2. The van der Waals surface area contributed by atoms with Crippen LogP contribution >= 0.6 is 0 Å². The molecule has 21 heavy (non-hydrogen) atoms. The fraction of sp³-hybridized carbons (Fsp3) is 0.0625. The lowest BCUT2D eigenvalue weighted by atomic mass is 10.1. The second-order valence-corrected chi connectivity index (χ2v) is 4.54. The Morgan fingerprint density at radius 3 is 2.52 bits per heavy atom. The van der Waals surface area contributed by atoms with Gasteiger partial charge in [-0.15, -0.1) is 0 Å². The van der Waals surface area contributed by atoms with Gasteiger partial charge in [0.25, 0.3) is 5.69 Å². The van der Waals surface area contributed by atoms with Gasteiger partial charge >= 0.3 is 0 Å². The van der Waals surface area contributed by atoms with Crippen molar-refractivity contribution in [3.63, 3.8) is 0 Å². The predicted molar refractivity (Wildman–Crippen MR) is 80.4 cm³/mol. The summed E-state index contributed by atoms with van der Waals surface area (Å²) in [5.41, 5.74) is 1.78. The van der Waals surface area contributed by atoms with E-state index in [1.807, 2.05) is 30.3 Å². The van der Waals surface area contributed by atoms with Crippen LogP contribution in [0.1, 0.15) is 0 Å². The molecule has 5 nitrogen and oxygen atoms in total. The fourth-order valence-electron chi connectivity index (χ4n) is 2.22. The van der Waals surface area contributed by atoms with E-state index in [1.54, 1.807) is 25.3 Å². The minimum absolute atomic E-state index is 0.0121. The normalized spacial score (nSPS) is 10.5. The number of fused-ring (bicyclic) bond motifs is 1. The van der Waals surface area contributed by atoms with Gasteiger partial charge in [-0.05, 0) is 18.2 Å². The molecule has 0 bridgehead atoms. The lowest BCUT2D eigenvalue weighted by molar-refractivity contribution is -0.384. The van der Waals surface area contributed by atoms with E-state index in [1.165, 1.54) is 6.07 Å². The third-order valence-electron chi connectivity index (χ3n) is 3.25. The van der Waals surface area contributed by atoms with E-state index in [0.29, 0.717) is 22.3 Å². The van der Waals surface area contributed by atoms with Crippen LogP contribution in [0.3, 0.4) is 0 Å². The summed E-state index contributed by atoms with van der Waals surface area (Å²) in [6.07, 6.45) is 0. The summed E-state index contributed by atoms with van der Waals surface area (Å²) in [6.45, 7) is 0. The molecule has 3 aromatic rings. The van der Waals surface area contributed by atoms with E-state index in [-0.39, 0.29) is 5.69 Å². The van der Waals surface area contributed by atoms with Crippen molar-refractivity contribution >= 4 is 16.6 Å². The quantitative estimate of drug-likeness (QED) is 0.540. The number of pyridine rings is 1. The van der Waals surface area contributed by atoms with Crippen molar-refractivity contribution in [3.8, 4) is 17.0 Å². The highest BCUT2D eigenvalue weighted by molar-refractivity contribution is 5.87. The predicted octanol–water partition coefficient (Wildman–Crippen LogP) is 3.82. The number of hydrogen-bond donors (Lipinski definition) is 0. The molecule has 0 N–H and O–H groups in total. The zero-order valence-electron chi connectivity index (χ0n) is 11.3. The summed E-state index contributed by atoms with van der Waals surface area (Å²) in [5, 5.41) is 12.0. The van der Waals surface area contributed by atoms with E-state index < -0.39 is 4.92 Å². The van der Waals surface area contributed by atoms with Crippen LogP contribution < -0.4 is 4.74 Å². The van der Waals surface area contributed by atoms with Crippen LogP contribution in [-0.4, -0.2) is 17.0 Å². The van der Waals surface area contributed by atoms with E-state index in [0.717, 1.165) is 5.56 Å². The summed E-state index contributed by atoms with van der Waals surface area (Å²) in [4.78, 5) is 15.4. The van der Waals surface area contributed by atoms with E-state index in [9.17, 15) is 10.1 Å². The molecule has 0 aliphatic rings. The average Bonchev–Trinajstić information content (AvgIpc) is 2.53. The van der Waals surface area contributed by atoms with Crippen molar-refractivity contribution in [2.24, 2.45) is 0 Å². The molecular weight excluding hydrogens is 268 g/mol. The average molecular weight is 280 g/mol. The molecule has 0 aliphatic heterocycles. The van der Waals surface area contributed by atoms with Crippen LogP contribution in [0.4, 0.5) is 5.69 Å². The molecular formula is C16H12N2O3. The number of aromatic nitrogens is 1. The molecule has 5 heteroatoms. The van der Waals surface area contributed by atoms with Crippen molar-refractivity contribution in [2.45, 2.75) is 0 Å². The van der Waals surface area contributed by atoms with E-state index in [4.69, 9.17) is 4.74 Å². The summed E-state index contributed by atoms with van der Waals surface area (Å²) in [7, 11) is 1.56. The zero-order chi connectivity index (χ0) is 14.8. The monoisotopic (exact) mass is 280 g/mol.